The van der Waals surface area contributed by atoms with Crippen LogP contribution < -0.4 is 82.3 Å². The molecule has 0 aliphatic carbocycles. The van der Waals surface area contributed by atoms with Crippen LogP contribution in [0.5, 0.6) is 5.75 Å². The third kappa shape index (κ3) is 29.3. The lowest BCUT2D eigenvalue weighted by Gasteiger charge is -2.30. The van der Waals surface area contributed by atoms with Crippen LogP contribution >= 0.6 is 11.8 Å². The summed E-state index contributed by atoms with van der Waals surface area (Å²) >= 11 is 1.39. The van der Waals surface area contributed by atoms with E-state index in [0.717, 1.165) is 10.9 Å². The van der Waals surface area contributed by atoms with E-state index >= 15 is 0 Å². The van der Waals surface area contributed by atoms with E-state index in [2.05, 4.69) is 57.8 Å². The molecule has 4 rings (SSSR count). The molecule has 30 heteroatoms. The van der Waals surface area contributed by atoms with E-state index in [1.807, 2.05) is 24.3 Å². The third-order valence-electron chi connectivity index (χ3n) is 16.7. The molecule has 4 aromatic rings. The van der Waals surface area contributed by atoms with E-state index in [9.17, 15) is 58.2 Å². The fourth-order valence-electron chi connectivity index (χ4n) is 10.9. The lowest BCUT2D eigenvalue weighted by molar-refractivity contribution is -0.142. The Morgan fingerprint density at radius 2 is 0.879 bits per heavy atom. The summed E-state index contributed by atoms with van der Waals surface area (Å²) in [7, 11) is 0. The Bertz CT molecular complexity index is 3240. The highest BCUT2D eigenvalue weighted by Crippen LogP contribution is 2.21. The average molecular weight is 1400 g/mol. The maximum Gasteiger partial charge on any atom is 0.326 e. The van der Waals surface area contributed by atoms with E-state index < -0.39 is 131 Å². The van der Waals surface area contributed by atoms with Gasteiger partial charge in [-0.3, -0.25) is 48.1 Å². The van der Waals surface area contributed by atoms with Crippen LogP contribution in [0, 0.1) is 11.8 Å². The van der Waals surface area contributed by atoms with E-state index in [4.69, 9.17) is 34.4 Å². The number of carboxylic acids is 1. The second kappa shape index (κ2) is 44.2. The molecule has 0 aliphatic rings. The maximum atomic E-state index is 14.9. The van der Waals surface area contributed by atoms with E-state index in [1.165, 1.54) is 23.9 Å². The van der Waals surface area contributed by atoms with Gasteiger partial charge in [-0.05, 0) is 143 Å². The number of amides is 9. The van der Waals surface area contributed by atoms with Gasteiger partial charge in [0.15, 0.2) is 5.96 Å². The van der Waals surface area contributed by atoms with Crippen LogP contribution in [0.25, 0.3) is 10.9 Å². The van der Waals surface area contributed by atoms with Gasteiger partial charge in [0.25, 0.3) is 0 Å². The zero-order valence-electron chi connectivity index (χ0n) is 57.7. The number of guanidine groups is 1. The van der Waals surface area contributed by atoms with Crippen LogP contribution in [0.4, 0.5) is 0 Å². The first-order chi connectivity index (χ1) is 47.3. The van der Waals surface area contributed by atoms with Crippen molar-refractivity contribution < 1.29 is 58.2 Å². The van der Waals surface area contributed by atoms with Crippen LogP contribution in [0.2, 0.25) is 0 Å². The van der Waals surface area contributed by atoms with Crippen molar-refractivity contribution in [3.63, 3.8) is 0 Å². The number of H-pyrrole nitrogens is 1. The minimum absolute atomic E-state index is 0.0357. The molecular weight excluding hydrogens is 1290 g/mol. The Kier molecular flexibility index (Phi) is 36.9. The average Bonchev–Trinajstić information content (AvgIpc) is 1.75. The third-order valence-corrected chi connectivity index (χ3v) is 17.3. The van der Waals surface area contributed by atoms with Crippen molar-refractivity contribution in [1.29, 1.82) is 0 Å². The maximum absolute atomic E-state index is 14.9. The van der Waals surface area contributed by atoms with Crippen LogP contribution in [0.15, 0.2) is 90.1 Å². The predicted octanol–water partition coefficient (Wildman–Crippen LogP) is 0.572. The number of phenolic OH excluding ortho intramolecular Hbond substituents is 1. The summed E-state index contributed by atoms with van der Waals surface area (Å²) in [6.45, 7) is 7.89. The number of rotatable bonds is 47. The van der Waals surface area contributed by atoms with E-state index in [0.29, 0.717) is 93.4 Å². The second-order valence-corrected chi connectivity index (χ2v) is 26.4. The van der Waals surface area contributed by atoms with Gasteiger partial charge < -0.3 is 97.5 Å². The molecule has 99 heavy (non-hydrogen) atoms. The van der Waals surface area contributed by atoms with Crippen molar-refractivity contribution >= 4 is 87.8 Å². The number of nitrogens with zero attached hydrogens (tertiary/aromatic N) is 1. The van der Waals surface area contributed by atoms with Crippen molar-refractivity contribution in [2.45, 2.75) is 191 Å². The number of phenols is 1. The molecule has 9 amide bonds. The van der Waals surface area contributed by atoms with Crippen LogP contribution in [0.3, 0.4) is 0 Å². The zero-order chi connectivity index (χ0) is 73.0. The first-order valence-corrected chi connectivity index (χ1v) is 35.4. The molecular formula is C69H107N17O12S. The highest BCUT2D eigenvalue weighted by Gasteiger charge is 2.38. The summed E-state index contributed by atoms with van der Waals surface area (Å²) < 4.78 is 0. The number of aromatic hydroxyl groups is 1. The van der Waals surface area contributed by atoms with Gasteiger partial charge in [-0.1, -0.05) is 108 Å². The standard InChI is InChI=1S/C69H107N17O12S/c1-41(2)57(66(95)80-52(31-36-99-5)62(91)84-56(39-45-40-77-49-23-12-11-21-47(45)49)64(93)79-50(24-14-17-34-72)60(89)81-53(68(97)98)25-10-7-15-32-70)86-67(96)58(42(3)4)85-65(94)55(38-44-27-29-46(87)30-28-44)83-63(92)54(37-43-19-8-6-9-20-43)82-61(90)51(26-18-35-76-69(74)75)78-59(88)48(73)22-13-16-33-71/h6,8-9,11-12,19-21,23,27-30,40-42,48,50-58,77,87H,7,10,13-18,22,24-26,31-39,70-73H2,1-5H3,(H,78,88)(H,79,93)(H,80,95)(H,81,89)(H,82,90)(H,83,92)(H,84,91)(H,85,94)(H,86,96)(H,97,98)(H4,74,75,76)/t48-,50+,51+,52+,53-,54+,55+,56+,57+,58+/m1/s1. The van der Waals surface area contributed by atoms with Crippen LogP contribution in [-0.4, -0.2) is 179 Å². The molecule has 0 spiro atoms. The largest absolute Gasteiger partial charge is 0.508 e. The Hall–Kier alpha value is -8.84. The molecule has 0 saturated heterocycles. The quantitative estimate of drug-likeness (QED) is 0.0163. The summed E-state index contributed by atoms with van der Waals surface area (Å²) in [4.78, 5) is 150. The predicted molar refractivity (Wildman–Crippen MR) is 383 cm³/mol. The number of aromatic amines is 1. The highest BCUT2D eigenvalue weighted by atomic mass is 32.2. The van der Waals surface area contributed by atoms with E-state index in [-0.39, 0.29) is 69.6 Å². The van der Waals surface area contributed by atoms with Crippen molar-refractivity contribution in [2.24, 2.45) is 51.2 Å². The number of thioether (sulfide) groups is 1. The smallest absolute Gasteiger partial charge is 0.326 e. The number of hydrogen-bond acceptors (Lipinski definition) is 17. The number of fused-ring (bicyclic) bond motifs is 1. The number of carbonyl (C=O) groups is 10. The number of aromatic nitrogens is 1. The minimum atomic E-state index is -1.44. The number of nitrogens with two attached hydrogens (primary N) is 6. The molecule has 1 aromatic heterocycles. The van der Waals surface area contributed by atoms with Crippen molar-refractivity contribution in [1.82, 2.24) is 52.8 Å². The molecule has 29 nitrogen and oxygen atoms in total. The van der Waals surface area contributed by atoms with E-state index in [1.54, 1.807) is 82.6 Å². The van der Waals surface area contributed by atoms with Crippen molar-refractivity contribution in [2.75, 3.05) is 38.2 Å². The summed E-state index contributed by atoms with van der Waals surface area (Å²) in [5.74, 6) is -9.26. The number of carboxylic acid groups (broad SMARTS) is 1. The molecule has 0 bridgehead atoms. The highest BCUT2D eigenvalue weighted by molar-refractivity contribution is 7.98. The van der Waals surface area contributed by atoms with Gasteiger partial charge in [0, 0.05) is 42.9 Å². The molecule has 0 unspecified atom stereocenters. The summed E-state index contributed by atoms with van der Waals surface area (Å²) in [6, 6.07) is 9.12. The molecule has 0 saturated carbocycles. The van der Waals surface area contributed by atoms with Gasteiger partial charge in [-0.2, -0.15) is 11.8 Å². The Labute approximate surface area is 584 Å². The fourth-order valence-corrected chi connectivity index (χ4v) is 11.4. The molecule has 1 heterocycles. The van der Waals surface area contributed by atoms with Crippen LogP contribution in [-0.2, 0) is 67.2 Å². The minimum Gasteiger partial charge on any atom is -0.508 e. The van der Waals surface area contributed by atoms with Gasteiger partial charge in [-0.15, -0.1) is 0 Å². The summed E-state index contributed by atoms with van der Waals surface area (Å²) in [6.07, 6.45) is 7.89. The Balaban J connectivity index is 1.64. The molecule has 546 valence electrons. The number of aliphatic imine (C=N–C) groups is 1. The second-order valence-electron chi connectivity index (χ2n) is 25.4. The van der Waals surface area contributed by atoms with Gasteiger partial charge in [0.05, 0.1) is 6.04 Å². The van der Waals surface area contributed by atoms with Gasteiger partial charge in [0.1, 0.15) is 60.1 Å². The fraction of sp³-hybridized carbons (Fsp3) is 0.551. The lowest BCUT2D eigenvalue weighted by atomic mass is 9.98. The van der Waals surface area contributed by atoms with Crippen molar-refractivity contribution in [3.05, 3.63) is 102 Å². The molecule has 3 aromatic carbocycles. The number of aliphatic carboxylic acids is 1. The normalized spacial score (nSPS) is 14.3. The number of hydrogen-bond donors (Lipinski definition) is 18. The molecule has 10 atom stereocenters. The van der Waals surface area contributed by atoms with Crippen LogP contribution in [0.1, 0.15) is 128 Å². The lowest BCUT2D eigenvalue weighted by Crippen LogP contribution is -2.62. The monoisotopic (exact) mass is 1400 g/mol. The molecule has 0 radical (unpaired) electrons. The molecule has 24 N–H and O–H groups in total. The first kappa shape index (κ1) is 82.6. The zero-order valence-corrected chi connectivity index (χ0v) is 58.5. The SMILES string of the molecule is CSCC[C@H](NC(=O)[C@@H](NC(=O)[C@@H](NC(=O)[C@H](Cc1ccc(O)cc1)NC(=O)[C@H](Cc1ccccc1)NC(=O)[C@H](CCCN=C(N)N)NC(=O)[C@H](N)CCCCN)C(C)C)C(C)C)C(=O)N[C@@H](Cc1c[nH]c2ccccc12)C(=O)N[C@@H](CCCCN)C(=O)N[C@H](CCCCCN)C(=O)O. The summed E-state index contributed by atoms with van der Waals surface area (Å²) in [5, 5.41) is 45.9. The van der Waals surface area contributed by atoms with Gasteiger partial charge in [-0.25, -0.2) is 4.79 Å². The Morgan fingerprint density at radius 1 is 0.465 bits per heavy atom. The van der Waals surface area contributed by atoms with Crippen molar-refractivity contribution in [3.8, 4) is 5.75 Å². The van der Waals surface area contributed by atoms with Gasteiger partial charge in [0.2, 0.25) is 53.2 Å². The number of benzene rings is 3. The number of carbonyl (C=O) groups excluding carboxylic acids is 9. The number of para-hydroxylation sites is 1. The first-order valence-electron chi connectivity index (χ1n) is 34.0. The number of unbranched alkanes of at least 4 members (excludes halogenated alkanes) is 4. The Morgan fingerprint density at radius 3 is 1.42 bits per heavy atom. The molecule has 0 fully saturated rings. The number of nitrogens with one attached hydrogen (secondary N) is 10. The van der Waals surface area contributed by atoms with Gasteiger partial charge >= 0.3 is 5.97 Å². The topological polar surface area (TPSA) is 504 Å². The summed E-state index contributed by atoms with van der Waals surface area (Å²) in [5.41, 5.74) is 36.9. The molecule has 0 aliphatic heterocycles.